The van der Waals surface area contributed by atoms with Gasteiger partial charge in [-0.15, -0.1) is 0 Å². The van der Waals surface area contributed by atoms with E-state index in [1.807, 2.05) is 54.6 Å². The van der Waals surface area contributed by atoms with Crippen molar-refractivity contribution < 1.29 is 9.53 Å². The van der Waals surface area contributed by atoms with Gasteiger partial charge in [0.1, 0.15) is 5.75 Å². The molecular formula is C20H21NO2. The number of hydrogen-bond acceptors (Lipinski definition) is 3. The van der Waals surface area contributed by atoms with Crippen molar-refractivity contribution in [1.29, 1.82) is 0 Å². The summed E-state index contributed by atoms with van der Waals surface area (Å²) in [6.45, 7) is 4.23. The summed E-state index contributed by atoms with van der Waals surface area (Å²) in [6.07, 6.45) is 3.16. The zero-order valence-electron chi connectivity index (χ0n) is 13.5. The summed E-state index contributed by atoms with van der Waals surface area (Å²) in [5.41, 5.74) is 1.80. The van der Waals surface area contributed by atoms with Gasteiger partial charge in [0.15, 0.2) is 11.5 Å². The van der Waals surface area contributed by atoms with E-state index in [0.29, 0.717) is 6.42 Å². The Morgan fingerprint density at radius 3 is 2.39 bits per heavy atom. The molecular weight excluding hydrogens is 286 g/mol. The molecule has 1 aliphatic rings. The summed E-state index contributed by atoms with van der Waals surface area (Å²) in [5.74, 6) is 1.71. The van der Waals surface area contributed by atoms with Gasteiger partial charge in [-0.05, 0) is 36.1 Å². The Morgan fingerprint density at radius 2 is 1.65 bits per heavy atom. The maximum atomic E-state index is 11.9. The Kier molecular flexibility index (Phi) is 4.20. The lowest BCUT2D eigenvalue weighted by atomic mass is 9.79. The maximum absolute atomic E-state index is 11.9. The van der Waals surface area contributed by atoms with Gasteiger partial charge in [-0.1, -0.05) is 44.2 Å². The molecule has 2 aromatic carbocycles. The van der Waals surface area contributed by atoms with Crippen LogP contribution >= 0.6 is 0 Å². The third-order valence-corrected chi connectivity index (χ3v) is 3.81. The molecule has 0 aromatic heterocycles. The second-order valence-corrected chi connectivity index (χ2v) is 6.69. The predicted octanol–water partition coefficient (Wildman–Crippen LogP) is 5.16. The van der Waals surface area contributed by atoms with E-state index < -0.39 is 0 Å². The van der Waals surface area contributed by atoms with Crippen molar-refractivity contribution in [3.8, 4) is 11.5 Å². The molecule has 118 valence electrons. The number of carbonyl (C=O) groups is 1. The molecule has 0 spiro atoms. The fraction of sp³-hybridized carbons (Fsp3) is 0.250. The van der Waals surface area contributed by atoms with Crippen molar-refractivity contribution in [1.82, 2.24) is 0 Å². The van der Waals surface area contributed by atoms with Crippen LogP contribution in [-0.4, -0.2) is 5.78 Å². The number of nitrogens with one attached hydrogen (secondary N) is 1. The van der Waals surface area contributed by atoms with Gasteiger partial charge in [-0.25, -0.2) is 0 Å². The van der Waals surface area contributed by atoms with Crippen LogP contribution in [0.25, 0.3) is 0 Å². The predicted molar refractivity (Wildman–Crippen MR) is 92.7 cm³/mol. The molecule has 0 saturated carbocycles. The highest BCUT2D eigenvalue weighted by Gasteiger charge is 2.27. The summed E-state index contributed by atoms with van der Waals surface area (Å²) in [4.78, 5) is 11.9. The standard InChI is InChI=1S/C20H21NO2/c1-20(2)13-15(12-16(22)14-20)21-18-10-6-7-11-19(18)23-17-8-4-3-5-9-17/h3-12,21H,13-14H2,1-2H3. The first-order chi connectivity index (χ1) is 11.0. The number of ether oxygens (including phenoxy) is 1. The normalized spacial score (nSPS) is 16.6. The summed E-state index contributed by atoms with van der Waals surface area (Å²) in [5, 5.41) is 3.37. The van der Waals surface area contributed by atoms with Crippen LogP contribution in [0.3, 0.4) is 0 Å². The van der Waals surface area contributed by atoms with Gasteiger partial charge >= 0.3 is 0 Å². The van der Waals surface area contributed by atoms with Crippen LogP contribution in [0.1, 0.15) is 26.7 Å². The van der Waals surface area contributed by atoms with Gasteiger partial charge in [0, 0.05) is 18.2 Å². The van der Waals surface area contributed by atoms with Crippen LogP contribution < -0.4 is 10.1 Å². The maximum Gasteiger partial charge on any atom is 0.157 e. The molecule has 3 heteroatoms. The van der Waals surface area contributed by atoms with Gasteiger partial charge < -0.3 is 10.1 Å². The van der Waals surface area contributed by atoms with Crippen LogP contribution in [0.4, 0.5) is 5.69 Å². The van der Waals surface area contributed by atoms with Crippen LogP contribution in [0.5, 0.6) is 11.5 Å². The first-order valence-corrected chi connectivity index (χ1v) is 7.84. The van der Waals surface area contributed by atoms with Gasteiger partial charge in [-0.2, -0.15) is 0 Å². The molecule has 0 heterocycles. The summed E-state index contributed by atoms with van der Waals surface area (Å²) in [6, 6.07) is 17.5. The number of rotatable bonds is 4. The number of benzene rings is 2. The molecule has 0 amide bonds. The van der Waals surface area contributed by atoms with E-state index in [4.69, 9.17) is 4.74 Å². The van der Waals surface area contributed by atoms with E-state index >= 15 is 0 Å². The molecule has 1 aliphatic carbocycles. The van der Waals surface area contributed by atoms with E-state index in [9.17, 15) is 4.79 Å². The van der Waals surface area contributed by atoms with Crippen LogP contribution in [0.15, 0.2) is 66.4 Å². The highest BCUT2D eigenvalue weighted by molar-refractivity contribution is 5.92. The van der Waals surface area contributed by atoms with Crippen molar-refractivity contribution in [2.75, 3.05) is 5.32 Å². The number of ketones is 1. The lowest BCUT2D eigenvalue weighted by Gasteiger charge is -2.29. The highest BCUT2D eigenvalue weighted by atomic mass is 16.5. The average Bonchev–Trinajstić information content (AvgIpc) is 2.48. The number of carbonyl (C=O) groups excluding carboxylic acids is 1. The first-order valence-electron chi connectivity index (χ1n) is 7.84. The van der Waals surface area contributed by atoms with Crippen LogP contribution in [0.2, 0.25) is 0 Å². The minimum Gasteiger partial charge on any atom is -0.455 e. The largest absolute Gasteiger partial charge is 0.455 e. The van der Waals surface area contributed by atoms with E-state index in [2.05, 4.69) is 19.2 Å². The van der Waals surface area contributed by atoms with Crippen molar-refractivity contribution in [2.45, 2.75) is 26.7 Å². The lowest BCUT2D eigenvalue weighted by Crippen LogP contribution is -2.24. The van der Waals surface area contributed by atoms with E-state index in [0.717, 1.165) is 29.3 Å². The third-order valence-electron chi connectivity index (χ3n) is 3.81. The quantitative estimate of drug-likeness (QED) is 0.847. The topological polar surface area (TPSA) is 38.3 Å². The Morgan fingerprint density at radius 1 is 0.957 bits per heavy atom. The molecule has 0 unspecified atom stereocenters. The molecule has 0 atom stereocenters. The van der Waals surface area contributed by atoms with E-state index in [1.54, 1.807) is 6.08 Å². The minimum atomic E-state index is -0.0105. The second kappa shape index (κ2) is 6.29. The summed E-state index contributed by atoms with van der Waals surface area (Å²) >= 11 is 0. The Hall–Kier alpha value is -2.55. The van der Waals surface area contributed by atoms with Gasteiger partial charge in [0.25, 0.3) is 0 Å². The second-order valence-electron chi connectivity index (χ2n) is 6.69. The summed E-state index contributed by atoms with van der Waals surface area (Å²) in [7, 11) is 0. The zero-order chi connectivity index (χ0) is 16.3. The summed E-state index contributed by atoms with van der Waals surface area (Å²) < 4.78 is 5.96. The third kappa shape index (κ3) is 4.01. The van der Waals surface area contributed by atoms with E-state index in [1.165, 1.54) is 0 Å². The Bertz CT molecular complexity index is 732. The molecule has 0 saturated heterocycles. The lowest BCUT2D eigenvalue weighted by molar-refractivity contribution is -0.117. The highest BCUT2D eigenvalue weighted by Crippen LogP contribution is 2.36. The molecule has 0 bridgehead atoms. The monoisotopic (exact) mass is 307 g/mol. The molecule has 3 rings (SSSR count). The van der Waals surface area contributed by atoms with Crippen molar-refractivity contribution >= 4 is 11.5 Å². The Balaban J connectivity index is 1.82. The number of hydrogen-bond donors (Lipinski definition) is 1. The number of allylic oxidation sites excluding steroid dienone is 2. The SMILES string of the molecule is CC1(C)CC(=O)C=C(Nc2ccccc2Oc2ccccc2)C1. The average molecular weight is 307 g/mol. The molecule has 0 fully saturated rings. The fourth-order valence-electron chi connectivity index (χ4n) is 2.87. The molecule has 3 nitrogen and oxygen atoms in total. The van der Waals surface area contributed by atoms with Crippen molar-refractivity contribution in [3.05, 3.63) is 66.4 Å². The van der Waals surface area contributed by atoms with Gasteiger partial charge in [0.2, 0.25) is 0 Å². The van der Waals surface area contributed by atoms with E-state index in [-0.39, 0.29) is 11.2 Å². The van der Waals surface area contributed by atoms with Crippen LogP contribution in [0, 0.1) is 5.41 Å². The van der Waals surface area contributed by atoms with Gasteiger partial charge in [-0.3, -0.25) is 4.79 Å². The number of anilines is 1. The molecule has 23 heavy (non-hydrogen) atoms. The zero-order valence-corrected chi connectivity index (χ0v) is 13.5. The Labute approximate surface area is 137 Å². The number of para-hydroxylation sites is 3. The van der Waals surface area contributed by atoms with Crippen LogP contribution in [-0.2, 0) is 4.79 Å². The fourth-order valence-corrected chi connectivity index (χ4v) is 2.87. The molecule has 0 radical (unpaired) electrons. The van der Waals surface area contributed by atoms with Gasteiger partial charge in [0.05, 0.1) is 5.69 Å². The smallest absolute Gasteiger partial charge is 0.157 e. The molecule has 1 N–H and O–H groups in total. The minimum absolute atomic E-state index is 0.0105. The van der Waals surface area contributed by atoms with Crippen molar-refractivity contribution in [3.63, 3.8) is 0 Å². The molecule has 2 aromatic rings. The molecule has 0 aliphatic heterocycles. The van der Waals surface area contributed by atoms with Crippen molar-refractivity contribution in [2.24, 2.45) is 5.41 Å². The first kappa shape index (κ1) is 15.3.